The van der Waals surface area contributed by atoms with E-state index < -0.39 is 5.41 Å². The highest BCUT2D eigenvalue weighted by Crippen LogP contribution is 2.62. The van der Waals surface area contributed by atoms with Crippen LogP contribution in [-0.4, -0.2) is 15.0 Å². The predicted molar refractivity (Wildman–Crippen MR) is 183 cm³/mol. The number of hydrogen-bond acceptors (Lipinski definition) is 4. The summed E-state index contributed by atoms with van der Waals surface area (Å²) in [6.45, 7) is 0. The fourth-order valence-corrected chi connectivity index (χ4v) is 8.37. The third-order valence-corrected chi connectivity index (χ3v) is 10.3. The topological polar surface area (TPSA) is 38.7 Å². The standard InChI is InChI=1S/C40H24ClN3S/c41-27-16-18-39-33(24-27)40(30-11-3-1-9-28(30)29-10-2-4-12-31(29)40)32-21-25(15-17-38(32)45-39)26-22-36(34-13-5-7-19-42-34)44-37(23-26)35-14-6-8-20-43-35/h1-24H. The Balaban J connectivity index is 1.33. The Morgan fingerprint density at radius 2 is 1.02 bits per heavy atom. The van der Waals surface area contributed by atoms with Gasteiger partial charge in [0.1, 0.15) is 0 Å². The molecular weight excluding hydrogens is 590 g/mol. The first kappa shape index (κ1) is 26.4. The fraction of sp³-hybridized carbons (Fsp3) is 0.0250. The molecule has 0 saturated heterocycles. The summed E-state index contributed by atoms with van der Waals surface area (Å²) in [5.74, 6) is 0. The largest absolute Gasteiger partial charge is 0.255 e. The lowest BCUT2D eigenvalue weighted by atomic mass is 9.67. The van der Waals surface area contributed by atoms with Crippen LogP contribution in [0.3, 0.4) is 0 Å². The number of nitrogens with zero attached hydrogens (tertiary/aromatic N) is 3. The molecule has 3 aromatic heterocycles. The summed E-state index contributed by atoms with van der Waals surface area (Å²) in [6, 6.07) is 47.0. The molecule has 0 N–H and O–H groups in total. The number of pyridine rings is 3. The van der Waals surface area contributed by atoms with E-state index in [0.29, 0.717) is 0 Å². The normalized spacial score (nSPS) is 13.5. The maximum absolute atomic E-state index is 6.77. The maximum atomic E-state index is 6.77. The molecule has 5 heteroatoms. The van der Waals surface area contributed by atoms with Crippen LogP contribution in [0, 0.1) is 0 Å². The van der Waals surface area contributed by atoms with Gasteiger partial charge in [0.05, 0.1) is 28.2 Å². The van der Waals surface area contributed by atoms with Gasteiger partial charge in [-0.25, -0.2) is 4.98 Å². The molecule has 1 spiro atoms. The zero-order valence-electron chi connectivity index (χ0n) is 24.0. The first-order valence-electron chi connectivity index (χ1n) is 14.9. The van der Waals surface area contributed by atoms with Crippen LogP contribution in [0.4, 0.5) is 0 Å². The molecule has 4 aromatic carbocycles. The highest BCUT2D eigenvalue weighted by molar-refractivity contribution is 7.99. The third kappa shape index (κ3) is 4.03. The van der Waals surface area contributed by atoms with Crippen molar-refractivity contribution in [1.82, 2.24) is 15.0 Å². The highest BCUT2D eigenvalue weighted by atomic mass is 35.5. The van der Waals surface area contributed by atoms with Crippen molar-refractivity contribution in [2.45, 2.75) is 15.2 Å². The number of rotatable bonds is 3. The summed E-state index contributed by atoms with van der Waals surface area (Å²) in [6.07, 6.45) is 3.61. The van der Waals surface area contributed by atoms with E-state index in [1.165, 1.54) is 43.2 Å². The van der Waals surface area contributed by atoms with Crippen LogP contribution in [0.25, 0.3) is 45.0 Å². The van der Waals surface area contributed by atoms with E-state index in [1.54, 1.807) is 0 Å². The number of benzene rings is 4. The molecule has 0 atom stereocenters. The molecule has 7 aromatic rings. The summed E-state index contributed by atoms with van der Waals surface area (Å²) in [5, 5.41) is 0.740. The van der Waals surface area contributed by atoms with E-state index in [9.17, 15) is 0 Å². The zero-order valence-corrected chi connectivity index (χ0v) is 25.6. The second-order valence-electron chi connectivity index (χ2n) is 11.4. The molecule has 0 saturated carbocycles. The van der Waals surface area contributed by atoms with Crippen molar-refractivity contribution in [3.63, 3.8) is 0 Å². The molecule has 0 bridgehead atoms. The average Bonchev–Trinajstić information content (AvgIpc) is 3.40. The van der Waals surface area contributed by atoms with Gasteiger partial charge in [-0.3, -0.25) is 9.97 Å². The monoisotopic (exact) mass is 613 g/mol. The zero-order chi connectivity index (χ0) is 30.0. The number of fused-ring (bicyclic) bond motifs is 9. The summed E-state index contributed by atoms with van der Waals surface area (Å²) in [5.41, 5.74) is 12.5. The van der Waals surface area contributed by atoms with Crippen molar-refractivity contribution in [1.29, 1.82) is 0 Å². The van der Waals surface area contributed by atoms with E-state index in [1.807, 2.05) is 66.6 Å². The Labute approximate surface area is 270 Å². The lowest BCUT2D eigenvalue weighted by Gasteiger charge is -2.40. The Morgan fingerprint density at radius 1 is 0.467 bits per heavy atom. The van der Waals surface area contributed by atoms with Gasteiger partial charge in [-0.2, -0.15) is 0 Å². The molecule has 0 radical (unpaired) electrons. The van der Waals surface area contributed by atoms with Crippen LogP contribution >= 0.6 is 23.4 Å². The van der Waals surface area contributed by atoms with Crippen molar-refractivity contribution in [2.24, 2.45) is 0 Å². The van der Waals surface area contributed by atoms with E-state index in [4.69, 9.17) is 16.6 Å². The Morgan fingerprint density at radius 3 is 1.62 bits per heavy atom. The maximum Gasteiger partial charge on any atom is 0.0900 e. The highest BCUT2D eigenvalue weighted by Gasteiger charge is 2.50. The molecule has 45 heavy (non-hydrogen) atoms. The molecule has 1 aliphatic heterocycles. The van der Waals surface area contributed by atoms with Gasteiger partial charge < -0.3 is 0 Å². The second kappa shape index (κ2) is 10.3. The van der Waals surface area contributed by atoms with Gasteiger partial charge >= 0.3 is 0 Å². The van der Waals surface area contributed by atoms with Crippen LogP contribution in [0.15, 0.2) is 156 Å². The van der Waals surface area contributed by atoms with Gasteiger partial charge in [-0.15, -0.1) is 0 Å². The van der Waals surface area contributed by atoms with Crippen LogP contribution < -0.4 is 0 Å². The van der Waals surface area contributed by atoms with Gasteiger partial charge in [0.2, 0.25) is 0 Å². The minimum Gasteiger partial charge on any atom is -0.255 e. The average molecular weight is 614 g/mol. The molecule has 3 nitrogen and oxygen atoms in total. The quantitative estimate of drug-likeness (QED) is 0.199. The smallest absolute Gasteiger partial charge is 0.0900 e. The van der Waals surface area contributed by atoms with Crippen LogP contribution in [-0.2, 0) is 5.41 Å². The van der Waals surface area contributed by atoms with Crippen molar-refractivity contribution >= 4 is 23.4 Å². The molecular formula is C40H24ClN3S. The first-order chi connectivity index (χ1) is 22.2. The van der Waals surface area contributed by atoms with Gasteiger partial charge in [0.25, 0.3) is 0 Å². The fourth-order valence-electron chi connectivity index (χ4n) is 7.04. The van der Waals surface area contributed by atoms with Crippen molar-refractivity contribution < 1.29 is 0 Å². The lowest BCUT2D eigenvalue weighted by Crippen LogP contribution is -2.32. The Hall–Kier alpha value is -5.03. The molecule has 4 heterocycles. The van der Waals surface area contributed by atoms with E-state index in [2.05, 4.69) is 101 Å². The molecule has 0 fully saturated rings. The first-order valence-corrected chi connectivity index (χ1v) is 16.1. The summed E-state index contributed by atoms with van der Waals surface area (Å²) >= 11 is 8.58. The van der Waals surface area contributed by atoms with Gasteiger partial charge in [0.15, 0.2) is 0 Å². The molecule has 212 valence electrons. The second-order valence-corrected chi connectivity index (χ2v) is 12.9. The van der Waals surface area contributed by atoms with Gasteiger partial charge in [0, 0.05) is 27.2 Å². The number of hydrogen-bond donors (Lipinski definition) is 0. The Bertz CT molecular complexity index is 2160. The van der Waals surface area contributed by atoms with Crippen LogP contribution in [0.5, 0.6) is 0 Å². The minimum atomic E-state index is -0.509. The van der Waals surface area contributed by atoms with E-state index in [-0.39, 0.29) is 0 Å². The third-order valence-electron chi connectivity index (χ3n) is 8.91. The molecule has 0 unspecified atom stereocenters. The molecule has 0 amide bonds. The number of aromatic nitrogens is 3. The van der Waals surface area contributed by atoms with Gasteiger partial charge in [-0.05, 0) is 111 Å². The summed E-state index contributed by atoms with van der Waals surface area (Å²) < 4.78 is 0. The van der Waals surface area contributed by atoms with Gasteiger partial charge in [-0.1, -0.05) is 90.1 Å². The number of halogens is 1. The lowest BCUT2D eigenvalue weighted by molar-refractivity contribution is 0.723. The van der Waals surface area contributed by atoms with E-state index >= 15 is 0 Å². The van der Waals surface area contributed by atoms with Crippen LogP contribution in [0.2, 0.25) is 5.02 Å². The SMILES string of the molecule is Clc1ccc2c(c1)C1(c3cc(-c4cc(-c5ccccn5)nc(-c5ccccn5)c4)ccc3S2)c2ccccc2-c2ccccc21. The predicted octanol–water partition coefficient (Wildman–Crippen LogP) is 10.4. The van der Waals surface area contributed by atoms with Crippen molar-refractivity contribution in [3.8, 4) is 45.0 Å². The van der Waals surface area contributed by atoms with E-state index in [0.717, 1.165) is 38.9 Å². The minimum absolute atomic E-state index is 0.509. The van der Waals surface area contributed by atoms with Crippen molar-refractivity contribution in [2.75, 3.05) is 0 Å². The molecule has 2 aliphatic rings. The Kier molecular flexibility index (Phi) is 6.02. The van der Waals surface area contributed by atoms with Crippen LogP contribution in [0.1, 0.15) is 22.3 Å². The summed E-state index contributed by atoms with van der Waals surface area (Å²) in [7, 11) is 0. The molecule has 1 aliphatic carbocycles. The summed E-state index contributed by atoms with van der Waals surface area (Å²) in [4.78, 5) is 16.7. The molecule has 9 rings (SSSR count). The van der Waals surface area contributed by atoms with Crippen molar-refractivity contribution in [3.05, 3.63) is 173 Å².